The van der Waals surface area contributed by atoms with Crippen molar-refractivity contribution in [3.63, 3.8) is 0 Å². The van der Waals surface area contributed by atoms with Crippen LogP contribution in [-0.2, 0) is 38.7 Å². The largest absolute Gasteiger partial charge is 2.00 e. The monoisotopic (exact) mass is 921 g/mol. The summed E-state index contributed by atoms with van der Waals surface area (Å²) in [5.41, 5.74) is -0.0720. The SMILES string of the molecule is O=C([O-])c1cc(Oc2ccc(C(=O)O)cc2)cc(Oc2ccc(C(=O)O)cc2)c1.O=C([O-])c1cc(Oc2ccc(C(=O)O)cc2)cc(Oc2ccc(C(=O)O)cc2)c1.[Co+2].[OH3+].[OH3+].[OH3+].[OH3+]. The van der Waals surface area contributed by atoms with E-state index in [-0.39, 0.29) is 95.1 Å². The van der Waals surface area contributed by atoms with E-state index in [4.69, 9.17) is 39.4 Å². The molecule has 20 nitrogen and oxygen atoms in total. The Hall–Kier alpha value is -8.31. The van der Waals surface area contributed by atoms with Crippen molar-refractivity contribution in [1.82, 2.24) is 0 Å². The van der Waals surface area contributed by atoms with Gasteiger partial charge in [-0.2, -0.15) is 0 Å². The van der Waals surface area contributed by atoms with Crippen LogP contribution in [-0.4, -0.2) is 56.2 Å². The smallest absolute Gasteiger partial charge is 0.545 e. The van der Waals surface area contributed by atoms with Gasteiger partial charge in [0, 0.05) is 23.3 Å². The van der Waals surface area contributed by atoms with Crippen LogP contribution in [0.3, 0.4) is 0 Å². The molecule has 0 saturated heterocycles. The van der Waals surface area contributed by atoms with Crippen LogP contribution in [0.1, 0.15) is 62.1 Å². The quantitative estimate of drug-likeness (QED) is 0.114. The summed E-state index contributed by atoms with van der Waals surface area (Å²) in [4.78, 5) is 66.2. The van der Waals surface area contributed by atoms with Crippen molar-refractivity contribution < 1.29 is 117 Å². The molecule has 331 valence electrons. The standard InChI is InChI=1S/2C21H14O8.Co.4H2O/c2*22-19(23)12-1-5-15(6-2-12)28-17-9-14(21(26)27)10-18(11-17)29-16-7-3-13(4-8-16)20(24)25;;;;;/h2*1-11H,(H,22,23)(H,24,25)(H,26,27);;4*1H2/q;;+2;;;;/p+2. The maximum absolute atomic E-state index is 11.3. The summed E-state index contributed by atoms with van der Waals surface area (Å²) in [6.45, 7) is 0. The molecule has 21 heteroatoms. The number of aromatic carboxylic acids is 6. The number of ether oxygens (including phenoxy) is 4. The number of rotatable bonds is 14. The van der Waals surface area contributed by atoms with Gasteiger partial charge in [-0.25, -0.2) is 19.2 Å². The van der Waals surface area contributed by atoms with Gasteiger partial charge in [0.15, 0.2) is 0 Å². The number of benzene rings is 6. The predicted molar refractivity (Wildman–Crippen MR) is 215 cm³/mol. The summed E-state index contributed by atoms with van der Waals surface area (Å²) in [6, 6.07) is 30.1. The summed E-state index contributed by atoms with van der Waals surface area (Å²) < 4.78 is 22.4. The van der Waals surface area contributed by atoms with Crippen molar-refractivity contribution in [1.29, 1.82) is 0 Å². The zero-order valence-electron chi connectivity index (χ0n) is 32.0. The topological polar surface area (TPSA) is 398 Å². The molecular formula is C42H38CoO20+4. The molecule has 63 heavy (non-hydrogen) atoms. The molecule has 6 aromatic carbocycles. The van der Waals surface area contributed by atoms with Crippen LogP contribution in [0.4, 0.5) is 0 Å². The Morgan fingerprint density at radius 3 is 0.619 bits per heavy atom. The van der Waals surface area contributed by atoms with Crippen molar-refractivity contribution >= 4 is 35.8 Å². The molecule has 6 aromatic rings. The number of carbonyl (C=O) groups excluding carboxylic acids is 2. The van der Waals surface area contributed by atoms with Crippen LogP contribution < -0.4 is 29.2 Å². The fraction of sp³-hybridized carbons (Fsp3) is 0. The average Bonchev–Trinajstić information content (AvgIpc) is 3.19. The van der Waals surface area contributed by atoms with Gasteiger partial charge in [0.1, 0.15) is 46.0 Å². The van der Waals surface area contributed by atoms with Crippen LogP contribution in [0.5, 0.6) is 46.0 Å². The van der Waals surface area contributed by atoms with E-state index in [1.807, 2.05) is 0 Å². The molecule has 0 saturated carbocycles. The maximum Gasteiger partial charge on any atom is 2.00 e. The van der Waals surface area contributed by atoms with Gasteiger partial charge in [-0.1, -0.05) is 0 Å². The molecule has 0 aliphatic heterocycles. The van der Waals surface area contributed by atoms with E-state index in [0.29, 0.717) is 23.0 Å². The number of carboxylic acid groups (broad SMARTS) is 6. The summed E-state index contributed by atoms with van der Waals surface area (Å²) in [7, 11) is 0. The molecule has 0 unspecified atom stereocenters. The van der Waals surface area contributed by atoms with E-state index in [0.717, 1.165) is 0 Å². The Kier molecular flexibility index (Phi) is 21.4. The Bertz CT molecular complexity index is 2170. The van der Waals surface area contributed by atoms with Crippen molar-refractivity contribution in [3.8, 4) is 46.0 Å². The number of hydrogen-bond donors (Lipinski definition) is 4. The zero-order valence-corrected chi connectivity index (χ0v) is 33.1. The molecule has 0 atom stereocenters. The van der Waals surface area contributed by atoms with Gasteiger partial charge in [0.2, 0.25) is 0 Å². The normalized spacial score (nSPS) is 9.40. The van der Waals surface area contributed by atoms with Gasteiger partial charge < -0.3 is 81.1 Å². The summed E-state index contributed by atoms with van der Waals surface area (Å²) in [5.74, 6) is -5.52. The van der Waals surface area contributed by atoms with Crippen LogP contribution >= 0.6 is 0 Å². The van der Waals surface area contributed by atoms with Crippen LogP contribution in [0.25, 0.3) is 0 Å². The molecule has 0 amide bonds. The molecule has 0 bridgehead atoms. The molecule has 0 aliphatic rings. The third kappa shape index (κ3) is 15.7. The molecule has 16 N–H and O–H groups in total. The second kappa shape index (κ2) is 24.7. The van der Waals surface area contributed by atoms with E-state index in [1.54, 1.807) is 0 Å². The first-order valence-electron chi connectivity index (χ1n) is 16.4. The first-order valence-corrected chi connectivity index (χ1v) is 16.4. The molecule has 0 aliphatic carbocycles. The first-order chi connectivity index (χ1) is 27.6. The fourth-order valence-electron chi connectivity index (χ4n) is 4.82. The van der Waals surface area contributed by atoms with Gasteiger partial charge in [0.25, 0.3) is 0 Å². The molecule has 0 fully saturated rings. The maximum atomic E-state index is 11.3. The third-order valence-electron chi connectivity index (χ3n) is 7.58. The first kappa shape index (κ1) is 54.7. The Morgan fingerprint density at radius 1 is 0.302 bits per heavy atom. The van der Waals surface area contributed by atoms with Gasteiger partial charge in [-0.05, 0) is 121 Å². The minimum absolute atomic E-state index is 0. The Balaban J connectivity index is 0.00000113. The van der Waals surface area contributed by atoms with Crippen molar-refractivity contribution in [3.05, 3.63) is 167 Å². The van der Waals surface area contributed by atoms with E-state index in [2.05, 4.69) is 0 Å². The predicted octanol–water partition coefficient (Wildman–Crippen LogP) is 2.37. The Morgan fingerprint density at radius 2 is 0.476 bits per heavy atom. The minimum atomic E-state index is -1.44. The second-order valence-corrected chi connectivity index (χ2v) is 11.7. The van der Waals surface area contributed by atoms with Crippen molar-refractivity contribution in [2.75, 3.05) is 0 Å². The van der Waals surface area contributed by atoms with Gasteiger partial charge in [-0.15, -0.1) is 0 Å². The van der Waals surface area contributed by atoms with Crippen LogP contribution in [0.2, 0.25) is 0 Å². The van der Waals surface area contributed by atoms with E-state index in [1.165, 1.54) is 133 Å². The summed E-state index contributed by atoms with van der Waals surface area (Å²) in [5, 5.41) is 58.3. The molecule has 0 aromatic heterocycles. The van der Waals surface area contributed by atoms with Gasteiger partial charge >= 0.3 is 40.7 Å². The van der Waals surface area contributed by atoms with Crippen molar-refractivity contribution in [2.24, 2.45) is 0 Å². The van der Waals surface area contributed by atoms with Gasteiger partial charge in [-0.3, -0.25) is 0 Å². The zero-order chi connectivity index (χ0) is 41.9. The fourth-order valence-corrected chi connectivity index (χ4v) is 4.82. The summed E-state index contributed by atoms with van der Waals surface area (Å²) >= 11 is 0. The van der Waals surface area contributed by atoms with E-state index in [9.17, 15) is 39.0 Å². The average molecular weight is 922 g/mol. The molecule has 0 spiro atoms. The second-order valence-electron chi connectivity index (χ2n) is 11.7. The molecule has 6 rings (SSSR count). The Labute approximate surface area is 364 Å². The number of carbonyl (C=O) groups is 6. The van der Waals surface area contributed by atoms with Crippen LogP contribution in [0, 0.1) is 0 Å². The van der Waals surface area contributed by atoms with E-state index < -0.39 is 35.8 Å². The number of carboxylic acids is 6. The molecule has 1 radical (unpaired) electrons. The van der Waals surface area contributed by atoms with Gasteiger partial charge in [0.05, 0.1) is 34.2 Å². The summed E-state index contributed by atoms with van der Waals surface area (Å²) in [6.07, 6.45) is 0. The molecule has 0 heterocycles. The number of hydrogen-bond acceptors (Lipinski definition) is 12. The van der Waals surface area contributed by atoms with Crippen molar-refractivity contribution in [2.45, 2.75) is 0 Å². The van der Waals surface area contributed by atoms with Crippen LogP contribution in [0.15, 0.2) is 133 Å². The van der Waals surface area contributed by atoms with E-state index >= 15 is 0 Å². The minimum Gasteiger partial charge on any atom is -0.545 e. The third-order valence-corrected chi connectivity index (χ3v) is 7.58. The molecular weight excluding hydrogens is 883 g/mol.